The van der Waals surface area contributed by atoms with Gasteiger partial charge in [-0.1, -0.05) is 6.92 Å². The number of ether oxygens (including phenoxy) is 1. The van der Waals surface area contributed by atoms with Crippen molar-refractivity contribution in [1.82, 2.24) is 14.9 Å². The van der Waals surface area contributed by atoms with Gasteiger partial charge in [0.25, 0.3) is 0 Å². The van der Waals surface area contributed by atoms with Gasteiger partial charge in [0, 0.05) is 37.5 Å². The minimum absolute atomic E-state index is 0.0304. The van der Waals surface area contributed by atoms with Crippen LogP contribution < -0.4 is 5.32 Å². The van der Waals surface area contributed by atoms with Gasteiger partial charge in [-0.2, -0.15) is 0 Å². The lowest BCUT2D eigenvalue weighted by molar-refractivity contribution is 0.0882. The third-order valence-corrected chi connectivity index (χ3v) is 5.13. The summed E-state index contributed by atoms with van der Waals surface area (Å²) < 4.78 is 14.1. The highest BCUT2D eigenvalue weighted by Gasteiger charge is 2.37. The Morgan fingerprint density at radius 3 is 3.04 bits per heavy atom. The van der Waals surface area contributed by atoms with Crippen molar-refractivity contribution in [2.24, 2.45) is 5.92 Å². The van der Waals surface area contributed by atoms with E-state index in [-0.39, 0.29) is 12.1 Å². The summed E-state index contributed by atoms with van der Waals surface area (Å²) in [5, 5.41) is 3.60. The van der Waals surface area contributed by atoms with Crippen molar-refractivity contribution in [3.8, 4) is 0 Å². The number of nitrogens with one attached hydrogen (secondary N) is 1. The number of hydrogen-bond acceptors (Lipinski definition) is 4. The number of imidazole rings is 1. The van der Waals surface area contributed by atoms with Crippen LogP contribution in [0.4, 0.5) is 0 Å². The lowest BCUT2D eigenvalue weighted by atomic mass is 10.1. The van der Waals surface area contributed by atoms with E-state index in [1.165, 1.54) is 6.42 Å². The standard InChI is InChI=1S/C18H25N3O2/c1-3-21-8-7-19-18(21)17-15(6-9-22-17)20-11-13-4-5-16(23-13)14-10-12(14)2/h4-5,7-8,12,14-15,17,20H,3,6,9-11H2,1-2H3/t12-,14+,15+,17+/m1/s1. The van der Waals surface area contributed by atoms with Gasteiger partial charge in [0.2, 0.25) is 0 Å². The van der Waals surface area contributed by atoms with E-state index in [1.54, 1.807) is 0 Å². The average molecular weight is 315 g/mol. The van der Waals surface area contributed by atoms with E-state index in [0.717, 1.165) is 49.4 Å². The second-order valence-corrected chi connectivity index (χ2v) is 6.76. The van der Waals surface area contributed by atoms with Crippen LogP contribution in [0.3, 0.4) is 0 Å². The van der Waals surface area contributed by atoms with Gasteiger partial charge in [-0.05, 0) is 37.8 Å². The number of nitrogens with zero attached hydrogens (tertiary/aromatic N) is 2. The lowest BCUT2D eigenvalue weighted by Gasteiger charge is -2.19. The highest BCUT2D eigenvalue weighted by atomic mass is 16.5. The summed E-state index contributed by atoms with van der Waals surface area (Å²) in [6.45, 7) is 6.86. The molecule has 23 heavy (non-hydrogen) atoms. The molecule has 0 bridgehead atoms. The fourth-order valence-electron chi connectivity index (χ4n) is 3.54. The van der Waals surface area contributed by atoms with Crippen LogP contribution in [0.2, 0.25) is 0 Å². The maximum atomic E-state index is 5.98. The van der Waals surface area contributed by atoms with Gasteiger partial charge in [-0.3, -0.25) is 0 Å². The maximum absolute atomic E-state index is 5.98. The van der Waals surface area contributed by atoms with Crippen LogP contribution in [0, 0.1) is 5.92 Å². The molecule has 1 aliphatic heterocycles. The fourth-order valence-corrected chi connectivity index (χ4v) is 3.54. The van der Waals surface area contributed by atoms with Crippen LogP contribution >= 0.6 is 0 Å². The van der Waals surface area contributed by atoms with Crippen molar-refractivity contribution >= 4 is 0 Å². The van der Waals surface area contributed by atoms with Crippen LogP contribution in [-0.2, 0) is 17.8 Å². The minimum atomic E-state index is 0.0304. The Morgan fingerprint density at radius 2 is 2.26 bits per heavy atom. The minimum Gasteiger partial charge on any atom is -0.464 e. The second kappa shape index (κ2) is 6.13. The Kier molecular flexibility index (Phi) is 3.99. The molecule has 1 saturated carbocycles. The molecule has 0 aromatic carbocycles. The van der Waals surface area contributed by atoms with E-state index < -0.39 is 0 Å². The zero-order valence-corrected chi connectivity index (χ0v) is 13.9. The van der Waals surface area contributed by atoms with Gasteiger partial charge in [0.05, 0.1) is 6.54 Å². The van der Waals surface area contributed by atoms with E-state index in [4.69, 9.17) is 9.15 Å². The largest absolute Gasteiger partial charge is 0.464 e. The predicted molar refractivity (Wildman–Crippen MR) is 87.1 cm³/mol. The van der Waals surface area contributed by atoms with Gasteiger partial charge < -0.3 is 19.0 Å². The van der Waals surface area contributed by atoms with Gasteiger partial charge in [0.15, 0.2) is 0 Å². The molecule has 1 N–H and O–H groups in total. The van der Waals surface area contributed by atoms with E-state index >= 15 is 0 Å². The number of aromatic nitrogens is 2. The lowest BCUT2D eigenvalue weighted by Crippen LogP contribution is -2.32. The highest BCUT2D eigenvalue weighted by molar-refractivity contribution is 5.17. The van der Waals surface area contributed by atoms with E-state index in [2.05, 4.69) is 40.8 Å². The molecule has 0 spiro atoms. The van der Waals surface area contributed by atoms with Crippen molar-refractivity contribution in [1.29, 1.82) is 0 Å². The Bertz CT molecular complexity index is 663. The summed E-state index contributed by atoms with van der Waals surface area (Å²) >= 11 is 0. The van der Waals surface area contributed by atoms with Crippen LogP contribution in [-0.4, -0.2) is 22.2 Å². The molecule has 2 aromatic heterocycles. The number of aryl methyl sites for hydroxylation is 1. The molecule has 0 unspecified atom stereocenters. The monoisotopic (exact) mass is 315 g/mol. The molecule has 0 radical (unpaired) electrons. The van der Waals surface area contributed by atoms with Crippen molar-refractivity contribution in [3.63, 3.8) is 0 Å². The Labute approximate surface area is 137 Å². The number of furan rings is 1. The predicted octanol–water partition coefficient (Wildman–Crippen LogP) is 3.24. The molecule has 2 aromatic rings. The summed E-state index contributed by atoms with van der Waals surface area (Å²) in [6, 6.07) is 4.53. The topological polar surface area (TPSA) is 52.2 Å². The maximum Gasteiger partial charge on any atom is 0.139 e. The molecule has 0 amide bonds. The average Bonchev–Trinajstić information content (AvgIpc) is 3.04. The Balaban J connectivity index is 1.39. The van der Waals surface area contributed by atoms with Crippen molar-refractivity contribution in [3.05, 3.63) is 41.9 Å². The molecule has 4 atom stereocenters. The molecule has 4 rings (SSSR count). The Hall–Kier alpha value is -1.59. The summed E-state index contributed by atoms with van der Waals surface area (Å²) in [4.78, 5) is 4.49. The molecular formula is C18H25N3O2. The first kappa shape index (κ1) is 15.0. The molecular weight excluding hydrogens is 290 g/mol. The van der Waals surface area contributed by atoms with Crippen molar-refractivity contribution < 1.29 is 9.15 Å². The van der Waals surface area contributed by atoms with Crippen LogP contribution in [0.1, 0.15) is 56.1 Å². The third-order valence-electron chi connectivity index (χ3n) is 5.13. The van der Waals surface area contributed by atoms with E-state index in [1.807, 2.05) is 12.4 Å². The summed E-state index contributed by atoms with van der Waals surface area (Å²) in [5.74, 6) is 4.61. The van der Waals surface area contributed by atoms with E-state index in [0.29, 0.717) is 5.92 Å². The molecule has 5 nitrogen and oxygen atoms in total. The molecule has 1 saturated heterocycles. The second-order valence-electron chi connectivity index (χ2n) is 6.76. The van der Waals surface area contributed by atoms with E-state index in [9.17, 15) is 0 Å². The summed E-state index contributed by atoms with van der Waals surface area (Å²) in [5.41, 5.74) is 0. The summed E-state index contributed by atoms with van der Waals surface area (Å²) in [7, 11) is 0. The zero-order valence-electron chi connectivity index (χ0n) is 13.9. The Morgan fingerprint density at radius 1 is 1.39 bits per heavy atom. The molecule has 1 aliphatic carbocycles. The SMILES string of the molecule is CCn1ccnc1[C@H]1OCC[C@@H]1NCc1ccc([C@H]2C[C@H]2C)o1. The van der Waals surface area contributed by atoms with Crippen molar-refractivity contribution in [2.75, 3.05) is 6.61 Å². The molecule has 3 heterocycles. The smallest absolute Gasteiger partial charge is 0.139 e. The van der Waals surface area contributed by atoms with Crippen LogP contribution in [0.15, 0.2) is 28.9 Å². The van der Waals surface area contributed by atoms with Crippen LogP contribution in [0.5, 0.6) is 0 Å². The highest BCUT2D eigenvalue weighted by Crippen LogP contribution is 2.47. The molecule has 5 heteroatoms. The first-order valence-electron chi connectivity index (χ1n) is 8.71. The molecule has 124 valence electrons. The number of rotatable bonds is 6. The van der Waals surface area contributed by atoms with Gasteiger partial charge in [-0.25, -0.2) is 4.98 Å². The van der Waals surface area contributed by atoms with Crippen LogP contribution in [0.25, 0.3) is 0 Å². The quantitative estimate of drug-likeness (QED) is 0.889. The molecule has 2 fully saturated rings. The first-order valence-corrected chi connectivity index (χ1v) is 8.71. The fraction of sp³-hybridized carbons (Fsp3) is 0.611. The summed E-state index contributed by atoms with van der Waals surface area (Å²) in [6.07, 6.45) is 6.17. The van der Waals surface area contributed by atoms with Crippen molar-refractivity contribution in [2.45, 2.75) is 57.8 Å². The van der Waals surface area contributed by atoms with Gasteiger partial charge in [0.1, 0.15) is 23.4 Å². The zero-order chi connectivity index (χ0) is 15.8. The van der Waals surface area contributed by atoms with Gasteiger partial charge in [-0.15, -0.1) is 0 Å². The van der Waals surface area contributed by atoms with Gasteiger partial charge >= 0.3 is 0 Å². The number of hydrogen-bond donors (Lipinski definition) is 1. The third kappa shape index (κ3) is 2.95. The molecule has 2 aliphatic rings. The normalized spacial score (nSPS) is 30.0. The first-order chi connectivity index (χ1) is 11.3.